The van der Waals surface area contributed by atoms with E-state index in [1.807, 2.05) is 26.0 Å². The number of carbonyl (C=O) groups is 2. The Balaban J connectivity index is 1.66. The van der Waals surface area contributed by atoms with Gasteiger partial charge in [-0.15, -0.1) is 0 Å². The number of aryl methyl sites for hydroxylation is 2. The van der Waals surface area contributed by atoms with E-state index in [4.69, 9.17) is 0 Å². The molecule has 0 spiro atoms. The second-order valence-corrected chi connectivity index (χ2v) is 6.93. The average molecular weight is 372 g/mol. The standard InChI is InChI=1S/C21H22F2N2O2/c1-13-5-6-15(8-14(13)2)19-4-3-7-25(19)20(26)12-24-21(27)16-9-17(22)11-18(23)10-16/h5-6,8-11,19H,3-4,7,12H2,1-2H3,(H,24,27). The van der Waals surface area contributed by atoms with Crippen molar-refractivity contribution in [3.8, 4) is 0 Å². The molecular formula is C21H22F2N2O2. The van der Waals surface area contributed by atoms with Crippen molar-refractivity contribution >= 4 is 11.8 Å². The normalized spacial score (nSPS) is 16.4. The van der Waals surface area contributed by atoms with Crippen molar-refractivity contribution in [2.24, 2.45) is 0 Å². The van der Waals surface area contributed by atoms with Crippen molar-refractivity contribution in [3.05, 3.63) is 70.3 Å². The molecule has 6 heteroatoms. The summed E-state index contributed by atoms with van der Waals surface area (Å²) in [6.07, 6.45) is 1.77. The summed E-state index contributed by atoms with van der Waals surface area (Å²) >= 11 is 0. The highest BCUT2D eigenvalue weighted by atomic mass is 19.1. The lowest BCUT2D eigenvalue weighted by Crippen LogP contribution is -2.39. The Hall–Kier alpha value is -2.76. The molecule has 1 atom stereocenters. The third-order valence-corrected chi connectivity index (χ3v) is 5.01. The van der Waals surface area contributed by atoms with E-state index in [2.05, 4.69) is 11.4 Å². The number of rotatable bonds is 4. The number of amides is 2. The minimum atomic E-state index is -0.833. The Labute approximate surface area is 157 Å². The summed E-state index contributed by atoms with van der Waals surface area (Å²) in [5.74, 6) is -2.55. The largest absolute Gasteiger partial charge is 0.343 e. The first kappa shape index (κ1) is 19.0. The maximum absolute atomic E-state index is 13.2. The van der Waals surface area contributed by atoms with Crippen LogP contribution in [0.15, 0.2) is 36.4 Å². The number of hydrogen-bond acceptors (Lipinski definition) is 2. The fourth-order valence-electron chi connectivity index (χ4n) is 3.43. The van der Waals surface area contributed by atoms with Crippen LogP contribution in [0, 0.1) is 25.5 Å². The molecule has 2 amide bonds. The van der Waals surface area contributed by atoms with Gasteiger partial charge in [0.2, 0.25) is 5.91 Å². The van der Waals surface area contributed by atoms with E-state index in [0.29, 0.717) is 12.6 Å². The molecular weight excluding hydrogens is 350 g/mol. The SMILES string of the molecule is Cc1ccc(C2CCCN2C(=O)CNC(=O)c2cc(F)cc(F)c2)cc1C. The van der Waals surface area contributed by atoms with E-state index in [1.165, 1.54) is 11.1 Å². The summed E-state index contributed by atoms with van der Waals surface area (Å²) < 4.78 is 26.5. The molecule has 27 heavy (non-hydrogen) atoms. The van der Waals surface area contributed by atoms with Gasteiger partial charge in [-0.1, -0.05) is 18.2 Å². The second-order valence-electron chi connectivity index (χ2n) is 6.93. The maximum atomic E-state index is 13.2. The van der Waals surface area contributed by atoms with E-state index in [-0.39, 0.29) is 24.1 Å². The predicted octanol–water partition coefficient (Wildman–Crippen LogP) is 3.68. The zero-order chi connectivity index (χ0) is 19.6. The third-order valence-electron chi connectivity index (χ3n) is 5.01. The van der Waals surface area contributed by atoms with Gasteiger partial charge in [-0.25, -0.2) is 8.78 Å². The van der Waals surface area contributed by atoms with Crippen LogP contribution in [-0.4, -0.2) is 29.8 Å². The van der Waals surface area contributed by atoms with Crippen LogP contribution in [0.1, 0.15) is 45.9 Å². The Kier molecular flexibility index (Phi) is 5.54. The Morgan fingerprint density at radius 3 is 2.44 bits per heavy atom. The highest BCUT2D eigenvalue weighted by molar-refractivity contribution is 5.96. The number of nitrogens with one attached hydrogen (secondary N) is 1. The Morgan fingerprint density at radius 1 is 1.07 bits per heavy atom. The number of nitrogens with zero attached hydrogens (tertiary/aromatic N) is 1. The van der Waals surface area contributed by atoms with Gasteiger partial charge < -0.3 is 10.2 Å². The zero-order valence-electron chi connectivity index (χ0n) is 15.4. The van der Waals surface area contributed by atoms with E-state index in [1.54, 1.807) is 4.90 Å². The molecule has 0 bridgehead atoms. The molecule has 1 aliphatic heterocycles. The quantitative estimate of drug-likeness (QED) is 0.890. The van der Waals surface area contributed by atoms with Crippen LogP contribution >= 0.6 is 0 Å². The Morgan fingerprint density at radius 2 is 1.78 bits per heavy atom. The number of likely N-dealkylation sites (tertiary alicyclic amines) is 1. The molecule has 0 saturated carbocycles. The first-order chi connectivity index (χ1) is 12.8. The molecule has 4 nitrogen and oxygen atoms in total. The van der Waals surface area contributed by atoms with Crippen LogP contribution in [0.5, 0.6) is 0 Å². The smallest absolute Gasteiger partial charge is 0.251 e. The van der Waals surface area contributed by atoms with Crippen molar-refractivity contribution in [2.45, 2.75) is 32.7 Å². The molecule has 1 N–H and O–H groups in total. The van der Waals surface area contributed by atoms with Gasteiger partial charge in [-0.2, -0.15) is 0 Å². The van der Waals surface area contributed by atoms with Crippen molar-refractivity contribution in [2.75, 3.05) is 13.1 Å². The summed E-state index contributed by atoms with van der Waals surface area (Å²) in [6, 6.07) is 8.74. The maximum Gasteiger partial charge on any atom is 0.251 e. The molecule has 0 radical (unpaired) electrons. The number of carbonyl (C=O) groups excluding carboxylic acids is 2. The van der Waals surface area contributed by atoms with Crippen LogP contribution < -0.4 is 5.32 Å². The van der Waals surface area contributed by atoms with Gasteiger partial charge in [-0.3, -0.25) is 9.59 Å². The molecule has 3 rings (SSSR count). The summed E-state index contributed by atoms with van der Waals surface area (Å²) in [5, 5.41) is 2.46. The number of hydrogen-bond donors (Lipinski definition) is 1. The minimum absolute atomic E-state index is 0.0136. The molecule has 2 aromatic rings. The van der Waals surface area contributed by atoms with Crippen molar-refractivity contribution in [3.63, 3.8) is 0 Å². The van der Waals surface area contributed by atoms with Gasteiger partial charge in [0, 0.05) is 18.2 Å². The van der Waals surface area contributed by atoms with Gasteiger partial charge in [-0.05, 0) is 55.5 Å². The molecule has 0 aromatic heterocycles. The predicted molar refractivity (Wildman–Crippen MR) is 98.3 cm³/mol. The van der Waals surface area contributed by atoms with Crippen molar-refractivity contribution in [1.82, 2.24) is 10.2 Å². The molecule has 1 unspecified atom stereocenters. The molecule has 1 aliphatic rings. The monoisotopic (exact) mass is 372 g/mol. The fourth-order valence-corrected chi connectivity index (χ4v) is 3.43. The number of benzene rings is 2. The van der Waals surface area contributed by atoms with Gasteiger partial charge in [0.15, 0.2) is 0 Å². The molecule has 2 aromatic carbocycles. The van der Waals surface area contributed by atoms with Gasteiger partial charge in [0.05, 0.1) is 12.6 Å². The van der Waals surface area contributed by atoms with Crippen LogP contribution in [-0.2, 0) is 4.79 Å². The zero-order valence-corrected chi connectivity index (χ0v) is 15.4. The molecule has 142 valence electrons. The van der Waals surface area contributed by atoms with Crippen LogP contribution in [0.2, 0.25) is 0 Å². The summed E-state index contributed by atoms with van der Waals surface area (Å²) in [4.78, 5) is 26.5. The lowest BCUT2D eigenvalue weighted by Gasteiger charge is -2.26. The van der Waals surface area contributed by atoms with Crippen LogP contribution in [0.3, 0.4) is 0 Å². The molecule has 0 aliphatic carbocycles. The topological polar surface area (TPSA) is 49.4 Å². The molecule has 1 saturated heterocycles. The second kappa shape index (κ2) is 7.86. The van der Waals surface area contributed by atoms with Crippen molar-refractivity contribution < 1.29 is 18.4 Å². The van der Waals surface area contributed by atoms with Crippen LogP contribution in [0.25, 0.3) is 0 Å². The van der Waals surface area contributed by atoms with Gasteiger partial charge >= 0.3 is 0 Å². The van der Waals surface area contributed by atoms with E-state index in [9.17, 15) is 18.4 Å². The molecule has 1 fully saturated rings. The minimum Gasteiger partial charge on any atom is -0.343 e. The first-order valence-electron chi connectivity index (χ1n) is 8.96. The highest BCUT2D eigenvalue weighted by Gasteiger charge is 2.30. The highest BCUT2D eigenvalue weighted by Crippen LogP contribution is 2.32. The van der Waals surface area contributed by atoms with E-state index < -0.39 is 17.5 Å². The third kappa shape index (κ3) is 4.32. The number of halogens is 2. The van der Waals surface area contributed by atoms with Crippen molar-refractivity contribution in [1.29, 1.82) is 0 Å². The average Bonchev–Trinajstić information content (AvgIpc) is 3.10. The lowest BCUT2D eigenvalue weighted by atomic mass is 9.99. The summed E-state index contributed by atoms with van der Waals surface area (Å²) in [6.45, 7) is 4.50. The van der Waals surface area contributed by atoms with Crippen LogP contribution in [0.4, 0.5) is 8.78 Å². The molecule has 1 heterocycles. The van der Waals surface area contributed by atoms with E-state index >= 15 is 0 Å². The van der Waals surface area contributed by atoms with Gasteiger partial charge in [0.1, 0.15) is 11.6 Å². The lowest BCUT2D eigenvalue weighted by molar-refractivity contribution is -0.131. The Bertz CT molecular complexity index is 862. The fraction of sp³-hybridized carbons (Fsp3) is 0.333. The first-order valence-corrected chi connectivity index (χ1v) is 8.96. The summed E-state index contributed by atoms with van der Waals surface area (Å²) in [5.41, 5.74) is 3.31. The van der Waals surface area contributed by atoms with E-state index in [0.717, 1.165) is 30.5 Å². The van der Waals surface area contributed by atoms with Gasteiger partial charge in [0.25, 0.3) is 5.91 Å². The summed E-state index contributed by atoms with van der Waals surface area (Å²) in [7, 11) is 0.